The smallest absolute Gasteiger partial charge is 0.329 e. The van der Waals surface area contributed by atoms with Crippen molar-refractivity contribution in [3.05, 3.63) is 87.0 Å². The van der Waals surface area contributed by atoms with E-state index in [1.807, 2.05) is 43.3 Å². The van der Waals surface area contributed by atoms with E-state index in [1.54, 1.807) is 28.6 Å². The quantitative estimate of drug-likeness (QED) is 0.555. The van der Waals surface area contributed by atoms with Crippen molar-refractivity contribution in [1.29, 1.82) is 0 Å². The monoisotopic (exact) mass is 376 g/mol. The van der Waals surface area contributed by atoms with E-state index < -0.39 is 0 Å². The van der Waals surface area contributed by atoms with Gasteiger partial charge in [0.15, 0.2) is 0 Å². The number of nitrogens with one attached hydrogen (secondary N) is 2. The number of hydrogen-bond donors (Lipinski definition) is 2. The number of anilines is 1. The lowest BCUT2D eigenvalue weighted by Gasteiger charge is -2.14. The highest BCUT2D eigenvalue weighted by molar-refractivity contribution is 5.75. The summed E-state index contributed by atoms with van der Waals surface area (Å²) in [5.41, 5.74) is 2.68. The van der Waals surface area contributed by atoms with E-state index in [4.69, 9.17) is 0 Å². The van der Waals surface area contributed by atoms with Gasteiger partial charge >= 0.3 is 5.69 Å². The maximum absolute atomic E-state index is 12.6. The Hall–Kier alpha value is -3.68. The topological polar surface area (TPSA) is 97.6 Å². The third kappa shape index (κ3) is 3.32. The molecule has 8 nitrogen and oxygen atoms in total. The lowest BCUT2D eigenvalue weighted by molar-refractivity contribution is 0.717. The maximum atomic E-state index is 12.6. The van der Waals surface area contributed by atoms with Crippen molar-refractivity contribution in [2.75, 3.05) is 5.32 Å². The first-order valence-electron chi connectivity index (χ1n) is 8.94. The molecular weight excluding hydrogens is 356 g/mol. The first-order chi connectivity index (χ1) is 13.5. The summed E-state index contributed by atoms with van der Waals surface area (Å²) >= 11 is 0. The number of rotatable bonds is 5. The van der Waals surface area contributed by atoms with E-state index in [1.165, 1.54) is 6.07 Å². The Labute approximate surface area is 160 Å². The van der Waals surface area contributed by atoms with Crippen LogP contribution in [0.4, 0.5) is 5.95 Å². The van der Waals surface area contributed by atoms with Crippen LogP contribution in [-0.4, -0.2) is 24.1 Å². The molecule has 1 atom stereocenters. The van der Waals surface area contributed by atoms with E-state index in [2.05, 4.69) is 20.3 Å². The summed E-state index contributed by atoms with van der Waals surface area (Å²) in [4.78, 5) is 36.0. The van der Waals surface area contributed by atoms with Gasteiger partial charge in [0, 0.05) is 25.5 Å². The van der Waals surface area contributed by atoms with Crippen molar-refractivity contribution in [2.45, 2.75) is 19.5 Å². The van der Waals surface area contributed by atoms with Crippen molar-refractivity contribution < 1.29 is 0 Å². The highest BCUT2D eigenvalue weighted by Crippen LogP contribution is 2.16. The molecule has 0 spiro atoms. The molecular formula is C20H20N6O2. The molecule has 3 aromatic heterocycles. The molecule has 0 amide bonds. The fourth-order valence-corrected chi connectivity index (χ4v) is 3.26. The van der Waals surface area contributed by atoms with Crippen LogP contribution in [0.5, 0.6) is 0 Å². The second kappa shape index (κ2) is 7.15. The molecule has 4 aromatic rings. The Morgan fingerprint density at radius 3 is 2.68 bits per heavy atom. The SMILES string of the molecule is CC(Nc1nc(Cn2c(=O)n(C)c3ccccc32)cc(=O)[nH]1)c1cccnc1. The number of hydrogen-bond acceptors (Lipinski definition) is 5. The summed E-state index contributed by atoms with van der Waals surface area (Å²) in [5.74, 6) is 0.354. The zero-order valence-corrected chi connectivity index (χ0v) is 15.6. The summed E-state index contributed by atoms with van der Waals surface area (Å²) in [6.07, 6.45) is 3.47. The van der Waals surface area contributed by atoms with Crippen LogP contribution in [0.1, 0.15) is 24.2 Å². The van der Waals surface area contributed by atoms with Crippen LogP contribution in [0.15, 0.2) is 64.4 Å². The van der Waals surface area contributed by atoms with E-state index >= 15 is 0 Å². The molecule has 0 aliphatic rings. The Morgan fingerprint density at radius 2 is 1.93 bits per heavy atom. The van der Waals surface area contributed by atoms with Gasteiger partial charge in [0.05, 0.1) is 29.3 Å². The Kier molecular flexibility index (Phi) is 4.52. The van der Waals surface area contributed by atoms with E-state index in [0.29, 0.717) is 11.6 Å². The highest BCUT2D eigenvalue weighted by atomic mass is 16.1. The molecule has 0 radical (unpaired) electrons. The number of aromatic nitrogens is 5. The molecule has 0 aliphatic heterocycles. The minimum absolute atomic E-state index is 0.0904. The highest BCUT2D eigenvalue weighted by Gasteiger charge is 2.13. The Balaban J connectivity index is 1.66. The molecule has 3 heterocycles. The van der Waals surface area contributed by atoms with Gasteiger partial charge in [-0.2, -0.15) is 0 Å². The van der Waals surface area contributed by atoms with Gasteiger partial charge in [-0.1, -0.05) is 18.2 Å². The molecule has 0 saturated carbocycles. The zero-order valence-electron chi connectivity index (χ0n) is 15.6. The molecule has 4 rings (SSSR count). The summed E-state index contributed by atoms with van der Waals surface area (Å²) in [6, 6.07) is 12.7. The second-order valence-electron chi connectivity index (χ2n) is 6.65. The third-order valence-electron chi connectivity index (χ3n) is 4.70. The van der Waals surface area contributed by atoms with Gasteiger partial charge in [-0.25, -0.2) is 9.78 Å². The van der Waals surface area contributed by atoms with Crippen LogP contribution in [0.2, 0.25) is 0 Å². The standard InChI is InChI=1S/C20H20N6O2/c1-13(14-6-5-9-21-11-14)22-19-23-15(10-18(27)24-19)12-26-17-8-4-3-7-16(17)25(2)20(26)28/h3-11,13H,12H2,1-2H3,(H2,22,23,24,27). The minimum Gasteiger partial charge on any atom is -0.349 e. The fourth-order valence-electron chi connectivity index (χ4n) is 3.26. The number of imidazole rings is 1. The zero-order chi connectivity index (χ0) is 19.7. The van der Waals surface area contributed by atoms with Gasteiger partial charge in [-0.15, -0.1) is 0 Å². The fraction of sp³-hybridized carbons (Fsp3) is 0.200. The summed E-state index contributed by atoms with van der Waals surface area (Å²) < 4.78 is 3.21. The Bertz CT molecular complexity index is 1240. The summed E-state index contributed by atoms with van der Waals surface area (Å²) in [6.45, 7) is 2.17. The lowest BCUT2D eigenvalue weighted by Crippen LogP contribution is -2.24. The third-order valence-corrected chi connectivity index (χ3v) is 4.70. The maximum Gasteiger partial charge on any atom is 0.329 e. The van der Waals surface area contributed by atoms with Crippen molar-refractivity contribution in [3.63, 3.8) is 0 Å². The average Bonchev–Trinajstić information content (AvgIpc) is 2.93. The van der Waals surface area contributed by atoms with E-state index in [9.17, 15) is 9.59 Å². The van der Waals surface area contributed by atoms with Gasteiger partial charge in [-0.3, -0.25) is 23.9 Å². The van der Waals surface area contributed by atoms with Crippen molar-refractivity contribution in [2.24, 2.45) is 7.05 Å². The molecule has 0 aliphatic carbocycles. The van der Waals surface area contributed by atoms with Gasteiger partial charge < -0.3 is 5.32 Å². The lowest BCUT2D eigenvalue weighted by atomic mass is 10.1. The number of H-pyrrole nitrogens is 1. The summed E-state index contributed by atoms with van der Waals surface area (Å²) in [5, 5.41) is 3.18. The summed E-state index contributed by atoms with van der Waals surface area (Å²) in [7, 11) is 1.73. The van der Waals surface area contributed by atoms with Crippen LogP contribution in [0, 0.1) is 0 Å². The second-order valence-corrected chi connectivity index (χ2v) is 6.65. The predicted octanol–water partition coefficient (Wildman–Crippen LogP) is 2.04. The normalized spacial score (nSPS) is 12.2. The predicted molar refractivity (Wildman–Crippen MR) is 107 cm³/mol. The van der Waals surface area contributed by atoms with Crippen LogP contribution in [-0.2, 0) is 13.6 Å². The number of pyridine rings is 1. The molecule has 142 valence electrons. The first kappa shape index (κ1) is 17.7. The molecule has 28 heavy (non-hydrogen) atoms. The van der Waals surface area contributed by atoms with E-state index in [-0.39, 0.29) is 23.8 Å². The van der Waals surface area contributed by atoms with Gasteiger partial charge in [0.25, 0.3) is 5.56 Å². The number of nitrogens with zero attached hydrogens (tertiary/aromatic N) is 4. The molecule has 1 aromatic carbocycles. The van der Waals surface area contributed by atoms with Gasteiger partial charge in [-0.05, 0) is 30.7 Å². The molecule has 2 N–H and O–H groups in total. The number of para-hydroxylation sites is 2. The Morgan fingerprint density at radius 1 is 1.14 bits per heavy atom. The van der Waals surface area contributed by atoms with Gasteiger partial charge in [0.2, 0.25) is 5.95 Å². The first-order valence-corrected chi connectivity index (χ1v) is 8.94. The molecule has 1 unspecified atom stereocenters. The number of aryl methyl sites for hydroxylation is 1. The molecule has 0 saturated heterocycles. The molecule has 0 bridgehead atoms. The van der Waals surface area contributed by atoms with Crippen LogP contribution in [0.3, 0.4) is 0 Å². The largest absolute Gasteiger partial charge is 0.349 e. The number of aromatic amines is 1. The number of fused-ring (bicyclic) bond motifs is 1. The van der Waals surface area contributed by atoms with Gasteiger partial charge in [0.1, 0.15) is 0 Å². The van der Waals surface area contributed by atoms with Crippen LogP contribution in [0.25, 0.3) is 11.0 Å². The van der Waals surface area contributed by atoms with Crippen molar-refractivity contribution >= 4 is 17.0 Å². The van der Waals surface area contributed by atoms with Crippen molar-refractivity contribution in [1.82, 2.24) is 24.1 Å². The molecule has 8 heteroatoms. The van der Waals surface area contributed by atoms with Crippen LogP contribution < -0.4 is 16.6 Å². The average molecular weight is 376 g/mol. The van der Waals surface area contributed by atoms with Crippen molar-refractivity contribution in [3.8, 4) is 0 Å². The minimum atomic E-state index is -0.279. The number of benzene rings is 1. The molecule has 0 fully saturated rings. The van der Waals surface area contributed by atoms with Crippen LogP contribution >= 0.6 is 0 Å². The van der Waals surface area contributed by atoms with E-state index in [0.717, 1.165) is 16.6 Å².